The van der Waals surface area contributed by atoms with Crippen molar-refractivity contribution in [2.45, 2.75) is 25.4 Å². The summed E-state index contributed by atoms with van der Waals surface area (Å²) in [6.07, 6.45) is -4.14. The maximum Gasteiger partial charge on any atom is 0.490 e. The molecule has 0 saturated carbocycles. The third-order valence-electron chi connectivity index (χ3n) is 1.09. The van der Waals surface area contributed by atoms with Crippen molar-refractivity contribution >= 4 is 17.8 Å². The fourth-order valence-electron chi connectivity index (χ4n) is 0.437. The molecule has 0 aromatic carbocycles. The lowest BCUT2D eigenvalue weighted by atomic mass is 10.2. The first-order valence-electron chi connectivity index (χ1n) is 3.94. The van der Waals surface area contributed by atoms with Crippen LogP contribution in [0.3, 0.4) is 0 Å². The van der Waals surface area contributed by atoms with E-state index in [2.05, 4.69) is 0 Å². The second kappa shape index (κ2) is 7.49. The first-order chi connectivity index (χ1) is 7.07. The van der Waals surface area contributed by atoms with Crippen molar-refractivity contribution in [3.63, 3.8) is 0 Å². The summed E-state index contributed by atoms with van der Waals surface area (Å²) in [5.41, 5.74) is 9.58. The molecule has 0 fully saturated rings. The predicted octanol–water partition coefficient (Wildman–Crippen LogP) is -0.239. The molecule has 0 radical (unpaired) electrons. The molecule has 0 saturated heterocycles. The summed E-state index contributed by atoms with van der Waals surface area (Å²) >= 11 is 0. The Balaban J connectivity index is 0. The van der Waals surface area contributed by atoms with Crippen LogP contribution in [0.15, 0.2) is 0 Å². The molecular weight excluding hydrogens is 233 g/mol. The van der Waals surface area contributed by atoms with Gasteiger partial charge in [0.25, 0.3) is 0 Å². The second-order valence-corrected chi connectivity index (χ2v) is 2.59. The van der Waals surface area contributed by atoms with E-state index in [1.54, 1.807) is 0 Å². The Morgan fingerprint density at radius 1 is 1.00 bits per heavy atom. The van der Waals surface area contributed by atoms with Crippen LogP contribution in [0.4, 0.5) is 13.2 Å². The lowest BCUT2D eigenvalue weighted by Gasteiger charge is -1.93. The van der Waals surface area contributed by atoms with Gasteiger partial charge in [0.2, 0.25) is 11.8 Å². The molecule has 0 aliphatic rings. The predicted molar refractivity (Wildman–Crippen MR) is 45.9 cm³/mol. The van der Waals surface area contributed by atoms with Crippen LogP contribution in [-0.2, 0) is 14.4 Å². The number of carboxylic acid groups (broad SMARTS) is 1. The monoisotopic (exact) mass is 244 g/mol. The Hall–Kier alpha value is -1.80. The fourth-order valence-corrected chi connectivity index (χ4v) is 0.437. The number of nitrogens with two attached hydrogens (primary N) is 2. The summed E-state index contributed by atoms with van der Waals surface area (Å²) in [6.45, 7) is 0. The summed E-state index contributed by atoms with van der Waals surface area (Å²) in [5.74, 6) is -3.54. The second-order valence-electron chi connectivity index (χ2n) is 2.59. The van der Waals surface area contributed by atoms with Gasteiger partial charge in [0.05, 0.1) is 0 Å². The number of carbonyl (C=O) groups excluding carboxylic acids is 2. The Morgan fingerprint density at radius 3 is 1.38 bits per heavy atom. The number of alkyl halides is 3. The number of rotatable bonds is 4. The van der Waals surface area contributed by atoms with E-state index in [-0.39, 0.29) is 12.8 Å². The maximum atomic E-state index is 10.6. The van der Waals surface area contributed by atoms with Gasteiger partial charge >= 0.3 is 12.1 Å². The van der Waals surface area contributed by atoms with Crippen molar-refractivity contribution in [1.29, 1.82) is 0 Å². The van der Waals surface area contributed by atoms with Gasteiger partial charge in [-0.2, -0.15) is 13.2 Å². The summed E-state index contributed by atoms with van der Waals surface area (Å²) in [5, 5.41) is 7.12. The van der Waals surface area contributed by atoms with Crippen molar-refractivity contribution in [1.82, 2.24) is 0 Å². The molecule has 0 aromatic heterocycles. The SMILES string of the molecule is NC(=O)CCCC(N)=O.O=C(O)C(F)(F)F. The molecule has 0 atom stereocenters. The average Bonchev–Trinajstić information content (AvgIpc) is 2.01. The van der Waals surface area contributed by atoms with Crippen LogP contribution >= 0.6 is 0 Å². The first kappa shape index (κ1) is 16.6. The van der Waals surface area contributed by atoms with E-state index in [0.29, 0.717) is 6.42 Å². The third kappa shape index (κ3) is 14.7. The van der Waals surface area contributed by atoms with Gasteiger partial charge in [-0.05, 0) is 6.42 Å². The molecule has 0 aliphatic heterocycles. The minimum Gasteiger partial charge on any atom is -0.475 e. The molecule has 6 nitrogen and oxygen atoms in total. The summed E-state index contributed by atoms with van der Waals surface area (Å²) in [6, 6.07) is 0. The van der Waals surface area contributed by atoms with E-state index in [0.717, 1.165) is 0 Å². The van der Waals surface area contributed by atoms with Crippen LogP contribution in [0.2, 0.25) is 0 Å². The normalized spacial score (nSPS) is 9.94. The third-order valence-corrected chi connectivity index (χ3v) is 1.09. The molecule has 9 heteroatoms. The van der Waals surface area contributed by atoms with E-state index in [1.807, 2.05) is 0 Å². The number of carbonyl (C=O) groups is 3. The molecular formula is C7H11F3N2O4. The molecule has 0 rings (SSSR count). The van der Waals surface area contributed by atoms with E-state index in [9.17, 15) is 22.8 Å². The minimum atomic E-state index is -5.08. The van der Waals surface area contributed by atoms with Crippen LogP contribution in [0, 0.1) is 0 Å². The largest absolute Gasteiger partial charge is 0.490 e. The zero-order chi connectivity index (χ0) is 13.4. The Bertz CT molecular complexity index is 251. The van der Waals surface area contributed by atoms with Crippen molar-refractivity contribution in [2.75, 3.05) is 0 Å². The zero-order valence-electron chi connectivity index (χ0n) is 8.08. The number of hydrogen-bond acceptors (Lipinski definition) is 3. The Morgan fingerprint density at radius 2 is 1.25 bits per heavy atom. The van der Waals surface area contributed by atoms with Gasteiger partial charge in [-0.25, -0.2) is 4.79 Å². The van der Waals surface area contributed by atoms with Crippen LogP contribution < -0.4 is 11.5 Å². The van der Waals surface area contributed by atoms with E-state index in [1.165, 1.54) is 0 Å². The molecule has 16 heavy (non-hydrogen) atoms. The smallest absolute Gasteiger partial charge is 0.475 e. The topological polar surface area (TPSA) is 123 Å². The van der Waals surface area contributed by atoms with Gasteiger partial charge in [0.15, 0.2) is 0 Å². The quantitative estimate of drug-likeness (QED) is 0.631. The van der Waals surface area contributed by atoms with Crippen LogP contribution in [-0.4, -0.2) is 29.1 Å². The van der Waals surface area contributed by atoms with Crippen LogP contribution in [0.5, 0.6) is 0 Å². The molecule has 0 spiro atoms. The minimum absolute atomic E-state index is 0.239. The Labute approximate surface area is 88.4 Å². The number of amides is 2. The summed E-state index contributed by atoms with van der Waals surface area (Å²) in [7, 11) is 0. The molecule has 94 valence electrons. The Kier molecular flexibility index (Phi) is 7.78. The maximum absolute atomic E-state index is 10.6. The molecule has 0 aromatic rings. The van der Waals surface area contributed by atoms with Gasteiger partial charge in [-0.1, -0.05) is 0 Å². The molecule has 0 unspecified atom stereocenters. The highest BCUT2D eigenvalue weighted by Crippen LogP contribution is 2.13. The number of hydrogen-bond donors (Lipinski definition) is 3. The summed E-state index contributed by atoms with van der Waals surface area (Å²) < 4.78 is 31.7. The lowest BCUT2D eigenvalue weighted by molar-refractivity contribution is -0.192. The molecule has 0 bridgehead atoms. The summed E-state index contributed by atoms with van der Waals surface area (Å²) in [4.78, 5) is 29.0. The van der Waals surface area contributed by atoms with E-state index in [4.69, 9.17) is 21.4 Å². The highest BCUT2D eigenvalue weighted by atomic mass is 19.4. The number of carboxylic acids is 1. The fraction of sp³-hybridized carbons (Fsp3) is 0.571. The first-order valence-corrected chi connectivity index (χ1v) is 3.94. The molecule has 2 amide bonds. The van der Waals surface area contributed by atoms with E-state index >= 15 is 0 Å². The van der Waals surface area contributed by atoms with Crippen molar-refractivity contribution < 1.29 is 32.7 Å². The van der Waals surface area contributed by atoms with E-state index < -0.39 is 24.0 Å². The van der Waals surface area contributed by atoms with Crippen molar-refractivity contribution in [3.05, 3.63) is 0 Å². The van der Waals surface area contributed by atoms with Crippen LogP contribution in [0.25, 0.3) is 0 Å². The van der Waals surface area contributed by atoms with Crippen molar-refractivity contribution in [2.24, 2.45) is 11.5 Å². The van der Waals surface area contributed by atoms with Gasteiger partial charge in [0.1, 0.15) is 0 Å². The average molecular weight is 244 g/mol. The zero-order valence-corrected chi connectivity index (χ0v) is 8.08. The highest BCUT2D eigenvalue weighted by molar-refractivity contribution is 5.76. The number of halogens is 3. The number of primary amides is 2. The van der Waals surface area contributed by atoms with Gasteiger partial charge in [-0.15, -0.1) is 0 Å². The number of aliphatic carboxylic acids is 1. The molecule has 0 aliphatic carbocycles. The molecule has 0 heterocycles. The van der Waals surface area contributed by atoms with Crippen molar-refractivity contribution in [3.8, 4) is 0 Å². The highest BCUT2D eigenvalue weighted by Gasteiger charge is 2.38. The standard InChI is InChI=1S/C5H10N2O2.C2HF3O2/c6-4(8)2-1-3-5(7)9;3-2(4,5)1(6)7/h1-3H2,(H2,6,8)(H2,7,9);(H,6,7). The van der Waals surface area contributed by atoms with Gasteiger partial charge < -0.3 is 16.6 Å². The van der Waals surface area contributed by atoms with Crippen LogP contribution in [0.1, 0.15) is 19.3 Å². The lowest BCUT2D eigenvalue weighted by Crippen LogP contribution is -2.21. The van der Waals surface area contributed by atoms with Gasteiger partial charge in [0, 0.05) is 12.8 Å². The van der Waals surface area contributed by atoms with Gasteiger partial charge in [-0.3, -0.25) is 9.59 Å². The molecule has 5 N–H and O–H groups in total.